The third-order valence-electron chi connectivity index (χ3n) is 4.48. The Bertz CT molecular complexity index is 728. The molecule has 2 aromatic rings. The van der Waals surface area contributed by atoms with Crippen LogP contribution in [0.25, 0.3) is 0 Å². The zero-order chi connectivity index (χ0) is 17.1. The summed E-state index contributed by atoms with van der Waals surface area (Å²) in [6.07, 6.45) is 3.32. The van der Waals surface area contributed by atoms with Crippen molar-refractivity contribution in [3.8, 4) is 0 Å². The lowest BCUT2D eigenvalue weighted by atomic mass is 10.0. The van der Waals surface area contributed by atoms with Crippen molar-refractivity contribution in [1.29, 1.82) is 0 Å². The van der Waals surface area contributed by atoms with Crippen LogP contribution in [0.2, 0.25) is 0 Å². The standard InChI is InChI=1S/C17H21N5O2/c1-20(16(23)11-14-12-18-19-21(14)2)15-9-6-10-22(17(15)24)13-7-4-3-5-8-13/h3-5,7-8,12,15H,6,9-11H2,1-2H3. The molecule has 1 saturated heterocycles. The Morgan fingerprint density at radius 3 is 2.75 bits per heavy atom. The first-order valence-electron chi connectivity index (χ1n) is 8.03. The van der Waals surface area contributed by atoms with E-state index in [1.807, 2.05) is 30.3 Å². The second-order valence-corrected chi connectivity index (χ2v) is 6.01. The molecular formula is C17H21N5O2. The first-order chi connectivity index (χ1) is 11.6. The summed E-state index contributed by atoms with van der Waals surface area (Å²) in [5, 5.41) is 7.61. The van der Waals surface area contributed by atoms with Crippen molar-refractivity contribution in [2.45, 2.75) is 25.3 Å². The molecule has 0 radical (unpaired) electrons. The van der Waals surface area contributed by atoms with Gasteiger partial charge in [-0.15, -0.1) is 5.10 Å². The largest absolute Gasteiger partial charge is 0.333 e. The van der Waals surface area contributed by atoms with Gasteiger partial charge in [0.1, 0.15) is 6.04 Å². The van der Waals surface area contributed by atoms with Crippen LogP contribution >= 0.6 is 0 Å². The summed E-state index contributed by atoms with van der Waals surface area (Å²) in [4.78, 5) is 28.7. The number of hydrogen-bond acceptors (Lipinski definition) is 4. The quantitative estimate of drug-likeness (QED) is 0.840. The number of nitrogens with zero attached hydrogens (tertiary/aromatic N) is 5. The highest BCUT2D eigenvalue weighted by atomic mass is 16.2. The van der Waals surface area contributed by atoms with Gasteiger partial charge in [-0.05, 0) is 25.0 Å². The molecule has 1 unspecified atom stereocenters. The highest BCUT2D eigenvalue weighted by Gasteiger charge is 2.34. The van der Waals surface area contributed by atoms with Crippen molar-refractivity contribution in [1.82, 2.24) is 19.9 Å². The van der Waals surface area contributed by atoms with Gasteiger partial charge in [-0.25, -0.2) is 0 Å². The van der Waals surface area contributed by atoms with Crippen LogP contribution in [0.4, 0.5) is 5.69 Å². The lowest BCUT2D eigenvalue weighted by molar-refractivity contribution is -0.138. The first-order valence-corrected chi connectivity index (χ1v) is 8.03. The summed E-state index contributed by atoms with van der Waals surface area (Å²) in [5.41, 5.74) is 1.61. The van der Waals surface area contributed by atoms with Crippen LogP contribution in [0, 0.1) is 0 Å². The van der Waals surface area contributed by atoms with E-state index < -0.39 is 6.04 Å². The molecule has 3 rings (SSSR count). The van der Waals surface area contributed by atoms with Gasteiger partial charge in [0.25, 0.3) is 0 Å². The van der Waals surface area contributed by atoms with Crippen molar-refractivity contribution in [2.24, 2.45) is 7.05 Å². The second-order valence-electron chi connectivity index (χ2n) is 6.01. The fraction of sp³-hybridized carbons (Fsp3) is 0.412. The number of anilines is 1. The highest BCUT2D eigenvalue weighted by molar-refractivity contribution is 5.99. The lowest BCUT2D eigenvalue weighted by Gasteiger charge is -2.36. The number of carbonyl (C=O) groups is 2. The Labute approximate surface area is 140 Å². The first kappa shape index (κ1) is 16.2. The van der Waals surface area contributed by atoms with Gasteiger partial charge < -0.3 is 9.80 Å². The Kier molecular flexibility index (Phi) is 4.59. The van der Waals surface area contributed by atoms with Gasteiger partial charge in [-0.2, -0.15) is 0 Å². The second kappa shape index (κ2) is 6.82. The molecule has 0 saturated carbocycles. The molecule has 1 aromatic heterocycles. The van der Waals surface area contributed by atoms with Gasteiger partial charge in [0.05, 0.1) is 18.3 Å². The molecule has 24 heavy (non-hydrogen) atoms. The summed E-state index contributed by atoms with van der Waals surface area (Å²) in [6, 6.07) is 9.17. The summed E-state index contributed by atoms with van der Waals surface area (Å²) >= 11 is 0. The van der Waals surface area contributed by atoms with E-state index in [0.717, 1.165) is 17.8 Å². The maximum absolute atomic E-state index is 12.8. The van der Waals surface area contributed by atoms with Crippen LogP contribution in [-0.2, 0) is 23.1 Å². The maximum atomic E-state index is 12.8. The predicted molar refractivity (Wildman–Crippen MR) is 89.3 cm³/mol. The van der Waals surface area contributed by atoms with Crippen molar-refractivity contribution >= 4 is 17.5 Å². The zero-order valence-corrected chi connectivity index (χ0v) is 13.9. The summed E-state index contributed by atoms with van der Waals surface area (Å²) < 4.78 is 1.57. The molecule has 126 valence electrons. The van der Waals surface area contributed by atoms with Crippen molar-refractivity contribution in [2.75, 3.05) is 18.5 Å². The van der Waals surface area contributed by atoms with Gasteiger partial charge in [0.2, 0.25) is 11.8 Å². The number of benzene rings is 1. The van der Waals surface area contributed by atoms with Crippen LogP contribution in [0.5, 0.6) is 0 Å². The molecule has 1 atom stereocenters. The summed E-state index contributed by atoms with van der Waals surface area (Å²) in [5.74, 6) is -0.125. The number of aryl methyl sites for hydroxylation is 1. The molecule has 1 aliphatic heterocycles. The SMILES string of the molecule is CN(C(=O)Cc1cnnn1C)C1CCCN(c2ccccc2)C1=O. The molecule has 7 heteroatoms. The molecule has 7 nitrogen and oxygen atoms in total. The topological polar surface area (TPSA) is 71.3 Å². The fourth-order valence-electron chi connectivity index (χ4n) is 3.00. The molecule has 1 fully saturated rings. The Morgan fingerprint density at radius 2 is 2.08 bits per heavy atom. The molecule has 0 aliphatic carbocycles. The van der Waals surface area contributed by atoms with Crippen molar-refractivity contribution < 1.29 is 9.59 Å². The van der Waals surface area contributed by atoms with Gasteiger partial charge in [-0.3, -0.25) is 14.3 Å². The lowest BCUT2D eigenvalue weighted by Crippen LogP contribution is -2.53. The number of rotatable bonds is 4. The molecule has 0 bridgehead atoms. The summed E-state index contributed by atoms with van der Waals surface area (Å²) in [6.45, 7) is 0.688. The monoisotopic (exact) mass is 327 g/mol. The maximum Gasteiger partial charge on any atom is 0.249 e. The van der Waals surface area contributed by atoms with E-state index in [0.29, 0.717) is 13.0 Å². The van der Waals surface area contributed by atoms with Crippen molar-refractivity contribution in [3.05, 3.63) is 42.2 Å². The number of carbonyl (C=O) groups excluding carboxylic acids is 2. The van der Waals surface area contributed by atoms with Crippen LogP contribution in [0.15, 0.2) is 36.5 Å². The number of aromatic nitrogens is 3. The molecule has 2 amide bonds. The molecule has 0 spiro atoms. The molecule has 2 heterocycles. The van der Waals surface area contributed by atoms with Gasteiger partial charge in [0.15, 0.2) is 0 Å². The van der Waals surface area contributed by atoms with E-state index in [-0.39, 0.29) is 18.2 Å². The molecule has 1 aliphatic rings. The predicted octanol–water partition coefficient (Wildman–Crippen LogP) is 1.01. The van der Waals surface area contributed by atoms with E-state index in [2.05, 4.69) is 10.3 Å². The Hall–Kier alpha value is -2.70. The summed E-state index contributed by atoms with van der Waals surface area (Å²) in [7, 11) is 3.45. The number of piperidine rings is 1. The molecule has 0 N–H and O–H groups in total. The molecule has 1 aromatic carbocycles. The Balaban J connectivity index is 1.72. The van der Waals surface area contributed by atoms with E-state index in [1.165, 1.54) is 0 Å². The minimum absolute atomic E-state index is 0.0218. The van der Waals surface area contributed by atoms with Crippen LogP contribution < -0.4 is 4.90 Å². The smallest absolute Gasteiger partial charge is 0.249 e. The number of likely N-dealkylation sites (N-methyl/N-ethyl adjacent to an activating group) is 1. The van der Waals surface area contributed by atoms with Gasteiger partial charge in [0, 0.05) is 26.3 Å². The average Bonchev–Trinajstić information content (AvgIpc) is 3.00. The van der Waals surface area contributed by atoms with Crippen LogP contribution in [0.1, 0.15) is 18.5 Å². The zero-order valence-electron chi connectivity index (χ0n) is 13.9. The van der Waals surface area contributed by atoms with Gasteiger partial charge >= 0.3 is 0 Å². The number of hydrogen-bond donors (Lipinski definition) is 0. The minimum Gasteiger partial charge on any atom is -0.333 e. The van der Waals surface area contributed by atoms with Crippen LogP contribution in [-0.4, -0.2) is 51.3 Å². The minimum atomic E-state index is -0.423. The van der Waals surface area contributed by atoms with E-state index in [1.54, 1.807) is 34.8 Å². The highest BCUT2D eigenvalue weighted by Crippen LogP contribution is 2.23. The van der Waals surface area contributed by atoms with Gasteiger partial charge in [-0.1, -0.05) is 23.4 Å². The van der Waals surface area contributed by atoms with Crippen molar-refractivity contribution in [3.63, 3.8) is 0 Å². The van der Waals surface area contributed by atoms with Crippen LogP contribution in [0.3, 0.4) is 0 Å². The number of para-hydroxylation sites is 1. The normalized spacial score (nSPS) is 17.8. The fourth-order valence-corrected chi connectivity index (χ4v) is 3.00. The Morgan fingerprint density at radius 1 is 1.33 bits per heavy atom. The van der Waals surface area contributed by atoms with E-state index in [4.69, 9.17) is 0 Å². The molecular weight excluding hydrogens is 306 g/mol. The van der Waals surface area contributed by atoms with E-state index in [9.17, 15) is 9.59 Å². The third-order valence-corrected chi connectivity index (χ3v) is 4.48. The average molecular weight is 327 g/mol. The number of amides is 2. The third kappa shape index (κ3) is 3.15. The van der Waals surface area contributed by atoms with E-state index >= 15 is 0 Å².